The maximum Gasteiger partial charge on any atom is 0.240 e. The number of aliphatic hydroxyl groups is 1. The second-order valence-electron chi connectivity index (χ2n) is 6.55. The maximum atomic E-state index is 12.3. The van der Waals surface area contributed by atoms with Crippen LogP contribution in [0.3, 0.4) is 0 Å². The van der Waals surface area contributed by atoms with Gasteiger partial charge in [0.05, 0.1) is 11.0 Å². The Kier molecular flexibility index (Phi) is 6.59. The van der Waals surface area contributed by atoms with Crippen LogP contribution >= 0.6 is 0 Å². The Bertz CT molecular complexity index is 594. The molecule has 5 nitrogen and oxygen atoms in total. The minimum absolute atomic E-state index is 0.169. The van der Waals surface area contributed by atoms with E-state index < -0.39 is 10.0 Å². The molecule has 130 valence electrons. The third-order valence-electron chi connectivity index (χ3n) is 4.34. The summed E-state index contributed by atoms with van der Waals surface area (Å²) in [6, 6.07) is 7.14. The smallest absolute Gasteiger partial charge is 0.240 e. The van der Waals surface area contributed by atoms with Gasteiger partial charge in [-0.25, -0.2) is 13.1 Å². The zero-order valence-corrected chi connectivity index (χ0v) is 14.8. The van der Waals surface area contributed by atoms with E-state index in [4.69, 9.17) is 0 Å². The molecule has 1 heterocycles. The van der Waals surface area contributed by atoms with Crippen molar-refractivity contribution in [1.82, 2.24) is 9.62 Å². The Morgan fingerprint density at radius 3 is 2.65 bits per heavy atom. The summed E-state index contributed by atoms with van der Waals surface area (Å²) in [6.07, 6.45) is 2.23. The first-order valence-corrected chi connectivity index (χ1v) is 9.87. The Morgan fingerprint density at radius 2 is 2.00 bits per heavy atom. The molecule has 1 aliphatic rings. The number of hydrogen-bond acceptors (Lipinski definition) is 4. The van der Waals surface area contributed by atoms with Crippen molar-refractivity contribution in [3.63, 3.8) is 0 Å². The number of sulfonamides is 1. The highest BCUT2D eigenvalue weighted by molar-refractivity contribution is 7.89. The summed E-state index contributed by atoms with van der Waals surface area (Å²) in [5, 5.41) is 9.47. The van der Waals surface area contributed by atoms with E-state index >= 15 is 0 Å². The van der Waals surface area contributed by atoms with Gasteiger partial charge < -0.3 is 10.0 Å². The number of likely N-dealkylation sites (tertiary alicyclic amines) is 1. The first-order valence-electron chi connectivity index (χ1n) is 8.38. The van der Waals surface area contributed by atoms with E-state index in [0.717, 1.165) is 44.5 Å². The van der Waals surface area contributed by atoms with Gasteiger partial charge in [-0.1, -0.05) is 26.0 Å². The van der Waals surface area contributed by atoms with Crippen LogP contribution in [0.4, 0.5) is 0 Å². The van der Waals surface area contributed by atoms with Crippen molar-refractivity contribution >= 4 is 10.0 Å². The predicted octanol–water partition coefficient (Wildman–Crippen LogP) is 1.94. The lowest BCUT2D eigenvalue weighted by Gasteiger charge is -2.29. The number of aliphatic hydroxyl groups excluding tert-OH is 1. The average Bonchev–Trinajstić information content (AvgIpc) is 2.53. The SMILES string of the molecule is CC(C)c1cccc(S(=O)(=O)NCCCN2CCC(O)CC2)c1. The highest BCUT2D eigenvalue weighted by atomic mass is 32.2. The van der Waals surface area contributed by atoms with Crippen molar-refractivity contribution in [3.8, 4) is 0 Å². The summed E-state index contributed by atoms with van der Waals surface area (Å²) in [4.78, 5) is 2.62. The summed E-state index contributed by atoms with van der Waals surface area (Å²) in [5.41, 5.74) is 1.03. The van der Waals surface area contributed by atoms with Crippen molar-refractivity contribution in [2.45, 2.75) is 50.0 Å². The molecule has 1 aromatic rings. The van der Waals surface area contributed by atoms with Crippen LogP contribution < -0.4 is 4.72 Å². The fraction of sp³-hybridized carbons (Fsp3) is 0.647. The Hall–Kier alpha value is -0.950. The van der Waals surface area contributed by atoms with E-state index in [1.54, 1.807) is 18.2 Å². The van der Waals surface area contributed by atoms with E-state index in [-0.39, 0.29) is 6.10 Å². The normalized spacial score (nSPS) is 17.7. The third-order valence-corrected chi connectivity index (χ3v) is 5.79. The van der Waals surface area contributed by atoms with Crippen molar-refractivity contribution in [1.29, 1.82) is 0 Å². The van der Waals surface area contributed by atoms with E-state index in [1.165, 1.54) is 0 Å². The maximum absolute atomic E-state index is 12.3. The molecule has 0 aliphatic carbocycles. The molecule has 1 fully saturated rings. The molecule has 0 radical (unpaired) electrons. The van der Waals surface area contributed by atoms with E-state index in [1.807, 2.05) is 6.07 Å². The van der Waals surface area contributed by atoms with E-state index in [2.05, 4.69) is 23.5 Å². The van der Waals surface area contributed by atoms with Gasteiger partial charge in [0, 0.05) is 19.6 Å². The zero-order chi connectivity index (χ0) is 16.9. The molecule has 2 N–H and O–H groups in total. The lowest BCUT2D eigenvalue weighted by atomic mass is 10.0. The number of benzene rings is 1. The van der Waals surface area contributed by atoms with Gasteiger partial charge in [0.25, 0.3) is 0 Å². The molecule has 6 heteroatoms. The molecular weight excluding hydrogens is 312 g/mol. The molecule has 1 saturated heterocycles. The number of nitrogens with one attached hydrogen (secondary N) is 1. The van der Waals surface area contributed by atoms with E-state index in [0.29, 0.717) is 17.4 Å². The lowest BCUT2D eigenvalue weighted by molar-refractivity contribution is 0.0823. The van der Waals surface area contributed by atoms with Crippen LogP contribution in [0.1, 0.15) is 44.6 Å². The highest BCUT2D eigenvalue weighted by Crippen LogP contribution is 2.18. The van der Waals surface area contributed by atoms with Gasteiger partial charge >= 0.3 is 0 Å². The molecule has 2 rings (SSSR count). The van der Waals surface area contributed by atoms with E-state index in [9.17, 15) is 13.5 Å². The Morgan fingerprint density at radius 1 is 1.30 bits per heavy atom. The fourth-order valence-electron chi connectivity index (χ4n) is 2.78. The summed E-state index contributed by atoms with van der Waals surface area (Å²) in [5.74, 6) is 0.305. The summed E-state index contributed by atoms with van der Waals surface area (Å²) < 4.78 is 27.4. The standard InChI is InChI=1S/C17H28N2O3S/c1-14(2)15-5-3-6-17(13-15)23(21,22)18-9-4-10-19-11-7-16(20)8-12-19/h3,5-6,13-14,16,18,20H,4,7-12H2,1-2H3. The van der Waals surface area contributed by atoms with Crippen LogP contribution in [0.5, 0.6) is 0 Å². The Labute approximate surface area is 139 Å². The van der Waals surface area contributed by atoms with Crippen LogP contribution in [-0.2, 0) is 10.0 Å². The monoisotopic (exact) mass is 340 g/mol. The molecule has 0 spiro atoms. The van der Waals surface area contributed by atoms with Crippen molar-refractivity contribution in [2.24, 2.45) is 0 Å². The minimum Gasteiger partial charge on any atom is -0.393 e. The van der Waals surface area contributed by atoms with Crippen LogP contribution in [0.2, 0.25) is 0 Å². The first-order chi connectivity index (χ1) is 10.9. The first kappa shape index (κ1) is 18.4. The van der Waals surface area contributed by atoms with Crippen LogP contribution in [0.25, 0.3) is 0 Å². The molecule has 0 unspecified atom stereocenters. The topological polar surface area (TPSA) is 69.6 Å². The zero-order valence-electron chi connectivity index (χ0n) is 14.0. The van der Waals surface area contributed by atoms with Gasteiger partial charge in [0.2, 0.25) is 10.0 Å². The van der Waals surface area contributed by atoms with Crippen molar-refractivity contribution in [3.05, 3.63) is 29.8 Å². The van der Waals surface area contributed by atoms with Gasteiger partial charge in [0.15, 0.2) is 0 Å². The van der Waals surface area contributed by atoms with Crippen molar-refractivity contribution < 1.29 is 13.5 Å². The van der Waals surface area contributed by atoms with Crippen LogP contribution in [-0.4, -0.2) is 50.7 Å². The number of piperidine rings is 1. The molecule has 0 saturated carbocycles. The number of nitrogens with zero attached hydrogens (tertiary/aromatic N) is 1. The third kappa shape index (κ3) is 5.57. The molecule has 0 aromatic heterocycles. The predicted molar refractivity (Wildman–Crippen MR) is 92.0 cm³/mol. The molecule has 1 aliphatic heterocycles. The van der Waals surface area contributed by atoms with Gasteiger partial charge in [-0.3, -0.25) is 0 Å². The summed E-state index contributed by atoms with van der Waals surface area (Å²) >= 11 is 0. The second kappa shape index (κ2) is 8.24. The average molecular weight is 340 g/mol. The second-order valence-corrected chi connectivity index (χ2v) is 8.32. The van der Waals surface area contributed by atoms with Crippen LogP contribution in [0.15, 0.2) is 29.2 Å². The lowest BCUT2D eigenvalue weighted by Crippen LogP contribution is -2.37. The Balaban J connectivity index is 1.81. The van der Waals surface area contributed by atoms with Gasteiger partial charge in [0.1, 0.15) is 0 Å². The largest absolute Gasteiger partial charge is 0.393 e. The molecule has 1 aromatic carbocycles. The van der Waals surface area contributed by atoms with Gasteiger partial charge in [-0.15, -0.1) is 0 Å². The van der Waals surface area contributed by atoms with Gasteiger partial charge in [-0.2, -0.15) is 0 Å². The molecular formula is C17H28N2O3S. The summed E-state index contributed by atoms with van der Waals surface area (Å²) in [7, 11) is -3.44. The van der Waals surface area contributed by atoms with Gasteiger partial charge in [-0.05, 0) is 49.4 Å². The number of rotatable bonds is 7. The van der Waals surface area contributed by atoms with Crippen molar-refractivity contribution in [2.75, 3.05) is 26.2 Å². The quantitative estimate of drug-likeness (QED) is 0.744. The molecule has 0 bridgehead atoms. The highest BCUT2D eigenvalue weighted by Gasteiger charge is 2.17. The number of hydrogen-bond donors (Lipinski definition) is 2. The molecule has 0 atom stereocenters. The summed E-state index contributed by atoms with van der Waals surface area (Å²) in [6.45, 7) is 7.19. The van der Waals surface area contributed by atoms with Crippen LogP contribution in [0, 0.1) is 0 Å². The molecule has 0 amide bonds. The minimum atomic E-state index is -3.44. The fourth-order valence-corrected chi connectivity index (χ4v) is 3.90. The molecule has 23 heavy (non-hydrogen) atoms.